The fraction of sp³-hybridized carbons (Fsp3) is 0.400. The Kier molecular flexibility index (Phi) is 14.4. The summed E-state index contributed by atoms with van der Waals surface area (Å²) in [7, 11) is 0. The van der Waals surface area contributed by atoms with Gasteiger partial charge in [0.1, 0.15) is 24.1 Å². The molecule has 316 valence electrons. The summed E-state index contributed by atoms with van der Waals surface area (Å²) in [5.74, 6) is -1.48. The number of aliphatic hydroxyl groups is 2. The highest BCUT2D eigenvalue weighted by Gasteiger charge is 2.65. The van der Waals surface area contributed by atoms with E-state index in [0.717, 1.165) is 58.7 Å². The number of carbonyl (C=O) groups excluding carboxylic acids is 1. The maximum Gasteiger partial charge on any atom is 0.410 e. The van der Waals surface area contributed by atoms with E-state index in [9.17, 15) is 20.1 Å². The number of aromatic hydroxyl groups is 1. The van der Waals surface area contributed by atoms with Crippen LogP contribution in [0, 0.1) is 17.8 Å². The minimum Gasteiger partial charge on any atom is -0.508 e. The van der Waals surface area contributed by atoms with Gasteiger partial charge in [-0.2, -0.15) is 0 Å². The number of phenols is 1. The van der Waals surface area contributed by atoms with Crippen LogP contribution < -0.4 is 4.74 Å². The largest absolute Gasteiger partial charge is 0.508 e. The van der Waals surface area contributed by atoms with Crippen molar-refractivity contribution in [2.24, 2.45) is 22.9 Å². The van der Waals surface area contributed by atoms with E-state index in [0.29, 0.717) is 30.7 Å². The van der Waals surface area contributed by atoms with Crippen molar-refractivity contribution in [1.29, 1.82) is 0 Å². The topological polar surface area (TPSA) is 130 Å². The third-order valence-electron chi connectivity index (χ3n) is 12.3. The first kappa shape index (κ1) is 42.7. The molecule has 6 atom stereocenters. The van der Waals surface area contributed by atoms with E-state index in [1.807, 2.05) is 54.6 Å². The van der Waals surface area contributed by atoms with Crippen molar-refractivity contribution in [3.8, 4) is 11.5 Å². The number of aliphatic hydroxyl groups excluding tert-OH is 2. The Morgan fingerprint density at radius 3 is 2.47 bits per heavy atom. The second-order valence-electron chi connectivity index (χ2n) is 16.0. The smallest absolute Gasteiger partial charge is 0.410 e. The zero-order valence-electron chi connectivity index (χ0n) is 34.4. The molecule has 3 aliphatic rings. The molecule has 1 heterocycles. The maximum atomic E-state index is 14.8. The molecule has 4 aromatic rings. The van der Waals surface area contributed by atoms with Gasteiger partial charge in [0.25, 0.3) is 0 Å². The molecule has 7 rings (SSSR count). The van der Waals surface area contributed by atoms with Gasteiger partial charge in [0.15, 0.2) is 0 Å². The monoisotopic (exact) mass is 814 g/mol. The Labute approximate surface area is 353 Å². The Balaban J connectivity index is 1.45. The number of allylic oxidation sites excluding steroid dienone is 1. The highest BCUT2D eigenvalue weighted by molar-refractivity contribution is 6.03. The summed E-state index contributed by atoms with van der Waals surface area (Å²) in [4.78, 5) is 22.8. The van der Waals surface area contributed by atoms with Crippen molar-refractivity contribution in [1.82, 2.24) is 4.90 Å². The van der Waals surface area contributed by atoms with Crippen LogP contribution in [0.15, 0.2) is 133 Å². The molecule has 4 aromatic carbocycles. The summed E-state index contributed by atoms with van der Waals surface area (Å²) >= 11 is 0. The van der Waals surface area contributed by atoms with Crippen LogP contribution in [-0.4, -0.2) is 70.3 Å². The molecule has 10 nitrogen and oxygen atoms in total. The molecule has 6 unspecified atom stereocenters. The third kappa shape index (κ3) is 9.16. The lowest BCUT2D eigenvalue weighted by Crippen LogP contribution is -2.70. The van der Waals surface area contributed by atoms with Crippen molar-refractivity contribution in [2.45, 2.75) is 82.3 Å². The lowest BCUT2D eigenvalue weighted by Gasteiger charge is -2.59. The number of hydrogen-bond acceptors (Lipinski definition) is 9. The number of hydrogen-bond donors (Lipinski definition) is 3. The van der Waals surface area contributed by atoms with Crippen LogP contribution in [0.2, 0.25) is 0 Å². The van der Waals surface area contributed by atoms with Gasteiger partial charge in [-0.05, 0) is 89.6 Å². The molecule has 0 spiro atoms. The first-order valence-corrected chi connectivity index (χ1v) is 21.4. The van der Waals surface area contributed by atoms with Crippen LogP contribution in [0.1, 0.15) is 74.0 Å². The quantitative estimate of drug-likeness (QED) is 0.0457. The highest BCUT2D eigenvalue weighted by Crippen LogP contribution is 2.62. The lowest BCUT2D eigenvalue weighted by molar-refractivity contribution is -0.256. The molecule has 60 heavy (non-hydrogen) atoms. The summed E-state index contributed by atoms with van der Waals surface area (Å²) < 4.78 is 20.4. The van der Waals surface area contributed by atoms with Crippen molar-refractivity contribution in [3.05, 3.63) is 145 Å². The van der Waals surface area contributed by atoms with Crippen molar-refractivity contribution >= 4 is 22.6 Å². The van der Waals surface area contributed by atoms with E-state index >= 15 is 0 Å². The van der Waals surface area contributed by atoms with Crippen molar-refractivity contribution in [3.63, 3.8) is 0 Å². The van der Waals surface area contributed by atoms with E-state index in [1.165, 1.54) is 0 Å². The minimum atomic E-state index is -1.47. The summed E-state index contributed by atoms with van der Waals surface area (Å²) in [6.45, 7) is 8.76. The van der Waals surface area contributed by atoms with E-state index in [2.05, 4.69) is 37.4 Å². The van der Waals surface area contributed by atoms with Gasteiger partial charge in [0.05, 0.1) is 31.4 Å². The Morgan fingerprint density at radius 2 is 1.68 bits per heavy atom. The highest BCUT2D eigenvalue weighted by atomic mass is 16.7. The average molecular weight is 815 g/mol. The van der Waals surface area contributed by atoms with Crippen molar-refractivity contribution in [2.75, 3.05) is 26.4 Å². The van der Waals surface area contributed by atoms with Gasteiger partial charge in [-0.3, -0.25) is 4.90 Å². The van der Waals surface area contributed by atoms with Gasteiger partial charge in [-0.1, -0.05) is 109 Å². The molecule has 0 saturated heterocycles. The standard InChI is InChI=1S/C50H58N2O8/c1-3-5-29-57-49(56)52(33-38-21-15-20-36-18-9-10-22-40(36)38)46-32-44(51-59-34-35-16-7-6-8-17-35)42-30-37(19-11-13-26-53)41(23-12-14-27-54)47-43-31-39(55)24-25-45(43)60-50(46,48(42)47)58-28-4-2/h3-4,6-10,15-18,20-22,24-25,30-31,37,41,46-48,53-55H,1-2,5,11-14,19,23,26-29,32-34H2. The predicted octanol–water partition coefficient (Wildman–Crippen LogP) is 9.59. The Hall–Kier alpha value is -5.42. The molecule has 0 radical (unpaired) electrons. The van der Waals surface area contributed by atoms with Crippen LogP contribution in [-0.2, 0) is 27.5 Å². The number of benzene rings is 4. The molecule has 1 amide bonds. The Morgan fingerprint density at radius 1 is 0.917 bits per heavy atom. The third-order valence-corrected chi connectivity index (χ3v) is 12.3. The molecular weight excluding hydrogens is 757 g/mol. The summed E-state index contributed by atoms with van der Waals surface area (Å²) in [6, 6.07) is 28.5. The van der Waals surface area contributed by atoms with E-state index in [1.54, 1.807) is 35.3 Å². The molecule has 3 N–H and O–H groups in total. The van der Waals surface area contributed by atoms with Gasteiger partial charge in [0, 0.05) is 31.1 Å². The van der Waals surface area contributed by atoms with Crippen LogP contribution in [0.3, 0.4) is 0 Å². The first-order chi connectivity index (χ1) is 29.4. The molecule has 1 saturated carbocycles. The molecule has 2 aliphatic carbocycles. The second kappa shape index (κ2) is 20.2. The number of oxime groups is 1. The van der Waals surface area contributed by atoms with Gasteiger partial charge in [-0.25, -0.2) is 4.79 Å². The number of ether oxygens (including phenoxy) is 3. The SMILES string of the molecule is C=CCCOC(=O)N(Cc1cccc2ccccc12)C1CC(=NOCc2ccccc2)C2=CC(CCCCO)C(CCCCO)C3c4cc(O)ccc4OC1(OCC=C)C23. The Bertz CT molecular complexity index is 2150. The predicted molar refractivity (Wildman–Crippen MR) is 234 cm³/mol. The van der Waals surface area contributed by atoms with Crippen LogP contribution in [0.25, 0.3) is 10.8 Å². The number of carbonyl (C=O) groups is 1. The zero-order valence-corrected chi connectivity index (χ0v) is 34.4. The molecule has 1 aliphatic heterocycles. The van der Waals surface area contributed by atoms with Gasteiger partial charge < -0.3 is 34.4 Å². The first-order valence-electron chi connectivity index (χ1n) is 21.4. The molecule has 10 heteroatoms. The fourth-order valence-corrected chi connectivity index (χ4v) is 9.64. The number of amides is 1. The van der Waals surface area contributed by atoms with Crippen LogP contribution in [0.4, 0.5) is 4.79 Å². The normalized spacial score (nSPS) is 23.5. The maximum absolute atomic E-state index is 14.8. The summed E-state index contributed by atoms with van der Waals surface area (Å²) in [5, 5.41) is 37.8. The summed E-state index contributed by atoms with van der Waals surface area (Å²) in [5.41, 5.74) is 4.34. The number of phenolic OH excluding ortho intramolecular Hbond substituents is 1. The second-order valence-corrected chi connectivity index (χ2v) is 16.0. The van der Waals surface area contributed by atoms with Crippen LogP contribution in [0.5, 0.6) is 11.5 Å². The van der Waals surface area contributed by atoms with Gasteiger partial charge in [0.2, 0.25) is 5.79 Å². The van der Waals surface area contributed by atoms with Gasteiger partial charge >= 0.3 is 6.09 Å². The number of nitrogens with zero attached hydrogens (tertiary/aromatic N) is 2. The number of fused-ring (bicyclic) bond motifs is 3. The van der Waals surface area contributed by atoms with Gasteiger partial charge in [-0.15, -0.1) is 13.2 Å². The van der Waals surface area contributed by atoms with Crippen LogP contribution >= 0.6 is 0 Å². The van der Waals surface area contributed by atoms with E-state index in [4.69, 9.17) is 24.2 Å². The van der Waals surface area contributed by atoms with Crippen molar-refractivity contribution < 1.29 is 39.2 Å². The summed E-state index contributed by atoms with van der Waals surface area (Å²) in [6.07, 6.45) is 10.4. The number of rotatable bonds is 20. The molecule has 0 bridgehead atoms. The van der Waals surface area contributed by atoms with E-state index in [-0.39, 0.29) is 69.5 Å². The van der Waals surface area contributed by atoms with E-state index < -0.39 is 23.8 Å². The average Bonchev–Trinajstić information content (AvgIpc) is 3.27. The lowest BCUT2D eigenvalue weighted by atomic mass is 9.55. The number of unbranched alkanes of at least 4 members (excludes halogenated alkanes) is 2. The fourth-order valence-electron chi connectivity index (χ4n) is 9.64. The molecule has 0 aromatic heterocycles. The zero-order chi connectivity index (χ0) is 41.9. The molecule has 1 fully saturated rings. The minimum absolute atomic E-state index is 0.0245. The molecular formula is C50H58N2O8.